The van der Waals surface area contributed by atoms with Crippen molar-refractivity contribution in [3.8, 4) is 6.07 Å². The van der Waals surface area contributed by atoms with Gasteiger partial charge in [0, 0.05) is 13.1 Å². The quantitative estimate of drug-likeness (QED) is 0.485. The molecule has 1 aromatic heterocycles. The predicted molar refractivity (Wildman–Crippen MR) is 62.5 cm³/mol. The molecule has 0 atom stereocenters. The van der Waals surface area contributed by atoms with Crippen LogP contribution in [0.1, 0.15) is 19.4 Å². The molecule has 0 unspecified atom stereocenters. The van der Waals surface area contributed by atoms with Crippen molar-refractivity contribution in [3.63, 3.8) is 0 Å². The Morgan fingerprint density at radius 2 is 2.19 bits per heavy atom. The highest BCUT2D eigenvalue weighted by molar-refractivity contribution is 7.98. The van der Waals surface area contributed by atoms with Crippen LogP contribution in [0.25, 0.3) is 0 Å². The van der Waals surface area contributed by atoms with Crippen LogP contribution in [0.5, 0.6) is 0 Å². The second kappa shape index (κ2) is 6.12. The standard InChI is InChI=1S/C9H14N6S/c1-4-15(5-2)14-12-8-7(6-10)9(16-3)13-11-8/h4-5H2,1-3H3,(H,11,13)/b14-12+. The van der Waals surface area contributed by atoms with Gasteiger partial charge in [-0.3, -0.25) is 10.1 Å². The number of H-pyrrole nitrogens is 1. The van der Waals surface area contributed by atoms with E-state index < -0.39 is 0 Å². The lowest BCUT2D eigenvalue weighted by Gasteiger charge is -2.10. The molecule has 1 heterocycles. The Labute approximate surface area is 98.7 Å². The number of rotatable bonds is 5. The summed E-state index contributed by atoms with van der Waals surface area (Å²) in [6, 6.07) is 2.07. The number of nitrogens with zero attached hydrogens (tertiary/aromatic N) is 5. The van der Waals surface area contributed by atoms with Crippen molar-refractivity contribution >= 4 is 17.6 Å². The van der Waals surface area contributed by atoms with Gasteiger partial charge in [-0.1, -0.05) is 5.22 Å². The van der Waals surface area contributed by atoms with Crippen LogP contribution < -0.4 is 0 Å². The summed E-state index contributed by atoms with van der Waals surface area (Å²) in [7, 11) is 0. The van der Waals surface area contributed by atoms with Crippen LogP contribution >= 0.6 is 11.8 Å². The number of thioether (sulfide) groups is 1. The van der Waals surface area contributed by atoms with Gasteiger partial charge in [0.05, 0.1) is 0 Å². The minimum absolute atomic E-state index is 0.416. The summed E-state index contributed by atoms with van der Waals surface area (Å²) < 4.78 is 0. The fourth-order valence-electron chi connectivity index (χ4n) is 1.10. The predicted octanol–water partition coefficient (Wildman–Crippen LogP) is 2.34. The molecular weight excluding hydrogens is 224 g/mol. The van der Waals surface area contributed by atoms with Crippen LogP contribution in [-0.2, 0) is 0 Å². The van der Waals surface area contributed by atoms with Crippen molar-refractivity contribution in [2.75, 3.05) is 19.3 Å². The van der Waals surface area contributed by atoms with Crippen molar-refractivity contribution in [2.45, 2.75) is 18.9 Å². The number of nitriles is 1. The van der Waals surface area contributed by atoms with Crippen LogP contribution in [-0.4, -0.2) is 34.6 Å². The summed E-state index contributed by atoms with van der Waals surface area (Å²) in [5, 5.41) is 26.1. The van der Waals surface area contributed by atoms with Gasteiger partial charge in [-0.15, -0.1) is 16.9 Å². The van der Waals surface area contributed by atoms with Gasteiger partial charge in [0.2, 0.25) is 0 Å². The molecular formula is C9H14N6S. The lowest BCUT2D eigenvalue weighted by Crippen LogP contribution is -2.14. The molecule has 1 aromatic rings. The van der Waals surface area contributed by atoms with E-state index in [1.54, 1.807) is 5.01 Å². The lowest BCUT2D eigenvalue weighted by atomic mass is 10.4. The summed E-state index contributed by atoms with van der Waals surface area (Å²) in [6.45, 7) is 5.55. The molecule has 0 aliphatic carbocycles. The van der Waals surface area contributed by atoms with Gasteiger partial charge in [0.15, 0.2) is 5.82 Å². The smallest absolute Gasteiger partial charge is 0.191 e. The fourth-order valence-corrected chi connectivity index (χ4v) is 1.58. The normalized spacial score (nSPS) is 10.6. The summed E-state index contributed by atoms with van der Waals surface area (Å²) in [6.07, 6.45) is 1.86. The SMILES string of the molecule is CCN(CC)/N=N/c1[nH]nc(SC)c1C#N. The van der Waals surface area contributed by atoms with Gasteiger partial charge in [-0.05, 0) is 20.1 Å². The Kier molecular flexibility index (Phi) is 4.79. The molecule has 0 fully saturated rings. The van der Waals surface area contributed by atoms with E-state index in [4.69, 9.17) is 5.26 Å². The summed E-state index contributed by atoms with van der Waals surface area (Å²) in [5.41, 5.74) is 0.448. The minimum Gasteiger partial charge on any atom is -0.279 e. The van der Waals surface area contributed by atoms with E-state index in [1.807, 2.05) is 20.1 Å². The van der Waals surface area contributed by atoms with Crippen LogP contribution in [0.3, 0.4) is 0 Å². The molecule has 16 heavy (non-hydrogen) atoms. The van der Waals surface area contributed by atoms with Gasteiger partial charge < -0.3 is 0 Å². The minimum atomic E-state index is 0.416. The molecule has 0 spiro atoms. The molecule has 6 nitrogen and oxygen atoms in total. The maximum Gasteiger partial charge on any atom is 0.191 e. The number of aromatic amines is 1. The van der Waals surface area contributed by atoms with E-state index in [0.29, 0.717) is 16.4 Å². The monoisotopic (exact) mass is 238 g/mol. The zero-order chi connectivity index (χ0) is 12.0. The average molecular weight is 238 g/mol. The third kappa shape index (κ3) is 2.73. The van der Waals surface area contributed by atoms with Crippen LogP contribution in [0, 0.1) is 11.3 Å². The highest BCUT2D eigenvalue weighted by Gasteiger charge is 2.11. The van der Waals surface area contributed by atoms with Gasteiger partial charge in [-0.2, -0.15) is 10.4 Å². The molecule has 0 bridgehead atoms. The zero-order valence-corrected chi connectivity index (χ0v) is 10.4. The van der Waals surface area contributed by atoms with E-state index in [9.17, 15) is 0 Å². The number of hydrogen-bond donors (Lipinski definition) is 1. The molecule has 0 aliphatic heterocycles. The maximum absolute atomic E-state index is 8.96. The Hall–Kier alpha value is -1.55. The average Bonchev–Trinajstić information content (AvgIpc) is 2.72. The van der Waals surface area contributed by atoms with Gasteiger partial charge >= 0.3 is 0 Å². The highest BCUT2D eigenvalue weighted by atomic mass is 32.2. The van der Waals surface area contributed by atoms with Crippen LogP contribution in [0.2, 0.25) is 0 Å². The van der Waals surface area contributed by atoms with Crippen LogP contribution in [0.4, 0.5) is 5.82 Å². The van der Waals surface area contributed by atoms with E-state index in [2.05, 4.69) is 26.6 Å². The molecule has 0 amide bonds. The largest absolute Gasteiger partial charge is 0.279 e. The second-order valence-corrected chi connectivity index (χ2v) is 3.69. The van der Waals surface area contributed by atoms with Crippen molar-refractivity contribution in [1.82, 2.24) is 15.2 Å². The number of hydrogen-bond acceptors (Lipinski definition) is 5. The van der Waals surface area contributed by atoms with E-state index >= 15 is 0 Å². The first-order valence-corrected chi connectivity index (χ1v) is 6.18. The Bertz CT molecular complexity index is 401. The summed E-state index contributed by atoms with van der Waals surface area (Å²) in [5.74, 6) is 0.416. The molecule has 0 saturated carbocycles. The van der Waals surface area contributed by atoms with Crippen molar-refractivity contribution in [3.05, 3.63) is 5.56 Å². The Morgan fingerprint density at radius 1 is 1.50 bits per heavy atom. The van der Waals surface area contributed by atoms with Gasteiger partial charge in [0.25, 0.3) is 0 Å². The molecule has 0 aromatic carbocycles. The Balaban J connectivity index is 2.89. The van der Waals surface area contributed by atoms with Crippen LogP contribution in [0.15, 0.2) is 15.4 Å². The van der Waals surface area contributed by atoms with Crippen molar-refractivity contribution < 1.29 is 0 Å². The lowest BCUT2D eigenvalue weighted by molar-refractivity contribution is 0.300. The highest BCUT2D eigenvalue weighted by Crippen LogP contribution is 2.25. The third-order valence-electron chi connectivity index (χ3n) is 2.02. The summed E-state index contributed by atoms with van der Waals surface area (Å²) >= 11 is 1.41. The van der Waals surface area contributed by atoms with Gasteiger partial charge in [0.1, 0.15) is 16.7 Å². The third-order valence-corrected chi connectivity index (χ3v) is 2.70. The number of aromatic nitrogens is 2. The fraction of sp³-hybridized carbons (Fsp3) is 0.556. The zero-order valence-electron chi connectivity index (χ0n) is 9.56. The van der Waals surface area contributed by atoms with E-state index in [1.165, 1.54) is 11.8 Å². The molecule has 1 N–H and O–H groups in total. The van der Waals surface area contributed by atoms with Crippen molar-refractivity contribution in [2.24, 2.45) is 10.3 Å². The van der Waals surface area contributed by atoms with E-state index in [-0.39, 0.29) is 0 Å². The molecule has 7 heteroatoms. The first-order chi connectivity index (χ1) is 7.76. The maximum atomic E-state index is 8.96. The molecule has 86 valence electrons. The first kappa shape index (κ1) is 12.5. The Morgan fingerprint density at radius 3 is 2.69 bits per heavy atom. The molecule has 0 aliphatic rings. The first-order valence-electron chi connectivity index (χ1n) is 4.95. The molecule has 0 radical (unpaired) electrons. The number of nitrogens with one attached hydrogen (secondary N) is 1. The van der Waals surface area contributed by atoms with E-state index in [0.717, 1.165) is 13.1 Å². The van der Waals surface area contributed by atoms with Crippen molar-refractivity contribution in [1.29, 1.82) is 5.26 Å². The van der Waals surface area contributed by atoms with Gasteiger partial charge in [-0.25, -0.2) is 0 Å². The summed E-state index contributed by atoms with van der Waals surface area (Å²) in [4.78, 5) is 0. The molecule has 0 saturated heterocycles. The second-order valence-electron chi connectivity index (χ2n) is 2.90. The topological polar surface area (TPSA) is 80.4 Å². The molecule has 1 rings (SSSR count).